The second-order valence-corrected chi connectivity index (χ2v) is 8.56. The predicted octanol–water partition coefficient (Wildman–Crippen LogP) is 3.73. The van der Waals surface area contributed by atoms with Crippen molar-refractivity contribution in [1.82, 2.24) is 10.2 Å². The van der Waals surface area contributed by atoms with E-state index in [4.69, 9.17) is 4.84 Å². The molecule has 35 heavy (non-hydrogen) atoms. The van der Waals surface area contributed by atoms with Crippen LogP contribution in [0.25, 0.3) is 11.1 Å². The summed E-state index contributed by atoms with van der Waals surface area (Å²) >= 11 is 0. The molecule has 2 N–H and O–H groups in total. The molecule has 0 saturated carbocycles. The summed E-state index contributed by atoms with van der Waals surface area (Å²) in [5.74, 6) is -0.593. The number of carbonyl (C=O) groups is 2. The molecule has 0 unspecified atom stereocenters. The molecule has 3 aromatic carbocycles. The highest BCUT2D eigenvalue weighted by molar-refractivity contribution is 6.05. The largest absolute Gasteiger partial charge is 0.399 e. The van der Waals surface area contributed by atoms with Crippen LogP contribution in [0.15, 0.2) is 84.0 Å². The molecule has 0 bridgehead atoms. The second kappa shape index (κ2) is 11.0. The molecule has 0 spiro atoms. The lowest BCUT2D eigenvalue weighted by Crippen LogP contribution is -2.46. The van der Waals surface area contributed by atoms with Gasteiger partial charge in [-0.15, -0.1) is 0 Å². The lowest BCUT2D eigenvalue weighted by atomic mass is 9.98. The highest BCUT2D eigenvalue weighted by Crippen LogP contribution is 2.26. The van der Waals surface area contributed by atoms with Crippen LogP contribution in [-0.2, 0) is 9.63 Å². The summed E-state index contributed by atoms with van der Waals surface area (Å²) in [7, 11) is 1.44. The van der Waals surface area contributed by atoms with E-state index in [0.29, 0.717) is 16.8 Å². The Hall–Kier alpha value is -3.97. The van der Waals surface area contributed by atoms with E-state index in [1.807, 2.05) is 67.6 Å². The van der Waals surface area contributed by atoms with Gasteiger partial charge in [-0.3, -0.25) is 9.59 Å². The van der Waals surface area contributed by atoms with Crippen LogP contribution < -0.4 is 5.32 Å². The van der Waals surface area contributed by atoms with Gasteiger partial charge in [0.1, 0.15) is 13.2 Å². The first-order valence-corrected chi connectivity index (χ1v) is 11.5. The number of nitrogens with zero attached hydrogens (tertiary/aromatic N) is 2. The summed E-state index contributed by atoms with van der Waals surface area (Å²) in [6.07, 6.45) is -0.570. The van der Waals surface area contributed by atoms with E-state index in [1.54, 1.807) is 18.2 Å². The maximum Gasteiger partial charge on any atom is 0.254 e. The molecule has 1 fully saturated rings. The van der Waals surface area contributed by atoms with Crippen LogP contribution in [0, 0.1) is 6.92 Å². The zero-order valence-electron chi connectivity index (χ0n) is 19.8. The van der Waals surface area contributed by atoms with Gasteiger partial charge in [0.2, 0.25) is 5.91 Å². The summed E-state index contributed by atoms with van der Waals surface area (Å²) < 4.78 is 0. The Morgan fingerprint density at radius 1 is 1.09 bits per heavy atom. The van der Waals surface area contributed by atoms with Gasteiger partial charge in [-0.05, 0) is 41.3 Å². The van der Waals surface area contributed by atoms with Gasteiger partial charge >= 0.3 is 0 Å². The van der Waals surface area contributed by atoms with E-state index in [1.165, 1.54) is 12.0 Å². The van der Waals surface area contributed by atoms with Gasteiger partial charge in [-0.25, -0.2) is 0 Å². The number of aliphatic hydroxyl groups excluding tert-OH is 1. The Morgan fingerprint density at radius 3 is 2.43 bits per heavy atom. The average Bonchev–Trinajstić information content (AvgIpc) is 3.32. The molecule has 1 aliphatic rings. The number of hydrogen-bond acceptors (Lipinski definition) is 5. The zero-order valence-corrected chi connectivity index (χ0v) is 19.8. The molecule has 1 heterocycles. The Bertz CT molecular complexity index is 1210. The molecule has 3 aromatic rings. The topological polar surface area (TPSA) is 91.2 Å². The first-order valence-electron chi connectivity index (χ1n) is 11.5. The van der Waals surface area contributed by atoms with Crippen molar-refractivity contribution in [3.8, 4) is 11.1 Å². The number of likely N-dealkylation sites (tertiary alicyclic amines) is 1. The Labute approximate surface area is 205 Å². The number of rotatable bonds is 7. The minimum Gasteiger partial charge on any atom is -0.399 e. The Balaban J connectivity index is 1.51. The van der Waals surface area contributed by atoms with Crippen molar-refractivity contribution in [3.05, 3.63) is 95.6 Å². The number of aryl methyl sites for hydroxylation is 1. The van der Waals surface area contributed by atoms with Crippen LogP contribution in [-0.4, -0.2) is 53.8 Å². The van der Waals surface area contributed by atoms with Crippen molar-refractivity contribution < 1.29 is 19.5 Å². The fraction of sp³-hybridized carbons (Fsp3) is 0.250. The van der Waals surface area contributed by atoms with E-state index >= 15 is 0 Å². The number of amides is 2. The molecule has 7 nitrogen and oxygen atoms in total. The van der Waals surface area contributed by atoms with Crippen LogP contribution in [0.1, 0.15) is 34.0 Å². The van der Waals surface area contributed by atoms with E-state index in [0.717, 1.165) is 16.7 Å². The third kappa shape index (κ3) is 5.58. The highest BCUT2D eigenvalue weighted by Gasteiger charge is 2.38. The van der Waals surface area contributed by atoms with Gasteiger partial charge in [-0.2, -0.15) is 0 Å². The van der Waals surface area contributed by atoms with Gasteiger partial charge in [0.25, 0.3) is 5.91 Å². The number of hydrogen-bond donors (Lipinski definition) is 2. The highest BCUT2D eigenvalue weighted by atomic mass is 16.6. The molecule has 2 atom stereocenters. The number of carbonyl (C=O) groups excluding carboxylic acids is 2. The first kappa shape index (κ1) is 24.2. The van der Waals surface area contributed by atoms with E-state index in [2.05, 4.69) is 10.5 Å². The van der Waals surface area contributed by atoms with Crippen LogP contribution >= 0.6 is 0 Å². The minimum absolute atomic E-state index is 0.0447. The van der Waals surface area contributed by atoms with Crippen LogP contribution in [0.2, 0.25) is 0 Å². The molecule has 1 aliphatic heterocycles. The molecule has 0 radical (unpaired) electrons. The fourth-order valence-corrected chi connectivity index (χ4v) is 4.36. The molecule has 2 amide bonds. The van der Waals surface area contributed by atoms with Crippen LogP contribution in [0.3, 0.4) is 0 Å². The summed E-state index contributed by atoms with van der Waals surface area (Å²) in [6, 6.07) is 23.9. The summed E-state index contributed by atoms with van der Waals surface area (Å²) in [6.45, 7) is 2.21. The monoisotopic (exact) mass is 471 g/mol. The van der Waals surface area contributed by atoms with E-state index in [-0.39, 0.29) is 31.3 Å². The van der Waals surface area contributed by atoms with Gasteiger partial charge in [0.15, 0.2) is 0 Å². The van der Waals surface area contributed by atoms with Gasteiger partial charge in [0, 0.05) is 18.5 Å². The Morgan fingerprint density at radius 2 is 1.77 bits per heavy atom. The summed E-state index contributed by atoms with van der Waals surface area (Å²) in [5.41, 5.74) is 4.93. The number of nitrogens with one attached hydrogen (secondary N) is 1. The van der Waals surface area contributed by atoms with Crippen LogP contribution in [0.4, 0.5) is 0 Å². The summed E-state index contributed by atoms with van der Waals surface area (Å²) in [4.78, 5) is 33.0. The third-order valence-electron chi connectivity index (χ3n) is 6.15. The van der Waals surface area contributed by atoms with Crippen molar-refractivity contribution >= 4 is 17.5 Å². The minimum atomic E-state index is -0.842. The number of aliphatic hydroxyl groups is 1. The fourth-order valence-electron chi connectivity index (χ4n) is 4.36. The SMILES string of the molecule is CON=C1C[C@@H](C(=O)NC[C@@H](O)c2ccccc2)N(C(=O)c2ccc(-c3ccccc3)c(C)c2)C1. The van der Waals surface area contributed by atoms with Crippen molar-refractivity contribution in [2.45, 2.75) is 25.5 Å². The summed E-state index contributed by atoms with van der Waals surface area (Å²) in [5, 5.41) is 17.2. The molecule has 180 valence electrons. The van der Waals surface area contributed by atoms with Crippen molar-refractivity contribution in [1.29, 1.82) is 0 Å². The smallest absolute Gasteiger partial charge is 0.254 e. The third-order valence-corrected chi connectivity index (χ3v) is 6.15. The second-order valence-electron chi connectivity index (χ2n) is 8.56. The number of benzene rings is 3. The molecule has 4 rings (SSSR count). The average molecular weight is 472 g/mol. The van der Waals surface area contributed by atoms with Gasteiger partial charge in [0.05, 0.1) is 18.4 Å². The molecule has 7 heteroatoms. The zero-order chi connectivity index (χ0) is 24.8. The molecule has 0 aromatic heterocycles. The molecule has 1 saturated heterocycles. The number of oxime groups is 1. The molecular formula is C28H29N3O4. The Kier molecular flexibility index (Phi) is 7.57. The molecule has 0 aliphatic carbocycles. The van der Waals surface area contributed by atoms with E-state index in [9.17, 15) is 14.7 Å². The van der Waals surface area contributed by atoms with Crippen LogP contribution in [0.5, 0.6) is 0 Å². The molecular weight excluding hydrogens is 442 g/mol. The maximum atomic E-state index is 13.5. The van der Waals surface area contributed by atoms with Gasteiger partial charge in [-0.1, -0.05) is 71.9 Å². The van der Waals surface area contributed by atoms with Crippen molar-refractivity contribution in [3.63, 3.8) is 0 Å². The lowest BCUT2D eigenvalue weighted by molar-refractivity contribution is -0.125. The normalized spacial score (nSPS) is 17.3. The van der Waals surface area contributed by atoms with Crippen molar-refractivity contribution in [2.75, 3.05) is 20.2 Å². The first-order chi connectivity index (χ1) is 17.0. The maximum absolute atomic E-state index is 13.5. The standard InChI is InChI=1S/C28H29N3O4/c1-19-15-22(13-14-24(19)20-9-5-3-6-10-20)28(34)31-18-23(30-35-2)16-25(31)27(33)29-17-26(32)21-11-7-4-8-12-21/h3-15,25-26,32H,16-18H2,1-2H3,(H,29,33)/t25-,26+/m0/s1. The predicted molar refractivity (Wildman–Crippen MR) is 135 cm³/mol. The lowest BCUT2D eigenvalue weighted by Gasteiger charge is -2.24. The van der Waals surface area contributed by atoms with Gasteiger partial charge < -0.3 is 20.2 Å². The quantitative estimate of drug-likeness (QED) is 0.514. The van der Waals surface area contributed by atoms with Crippen molar-refractivity contribution in [2.24, 2.45) is 5.16 Å². The van der Waals surface area contributed by atoms with E-state index < -0.39 is 12.1 Å².